The number of amides is 1. The van der Waals surface area contributed by atoms with Gasteiger partial charge in [-0.15, -0.1) is 11.6 Å². The molecule has 0 bridgehead atoms. The fourth-order valence-electron chi connectivity index (χ4n) is 2.55. The lowest BCUT2D eigenvalue weighted by Gasteiger charge is -2.35. The molecular formula is C16H23ClN2O3. The first-order valence-corrected chi connectivity index (χ1v) is 8.05. The number of carbonyl (C=O) groups excluding carboxylic acids is 1. The minimum atomic E-state index is -0.584. The maximum absolute atomic E-state index is 12.5. The van der Waals surface area contributed by atoms with Crippen LogP contribution < -0.4 is 5.32 Å². The Morgan fingerprint density at radius 2 is 1.95 bits per heavy atom. The quantitative estimate of drug-likeness (QED) is 0.812. The number of hydrogen-bond donors (Lipinski definition) is 2. The van der Waals surface area contributed by atoms with Crippen molar-refractivity contribution in [3.05, 3.63) is 29.8 Å². The van der Waals surface area contributed by atoms with Crippen LogP contribution in [0.15, 0.2) is 24.3 Å². The van der Waals surface area contributed by atoms with Crippen LogP contribution in [0.3, 0.4) is 0 Å². The van der Waals surface area contributed by atoms with Gasteiger partial charge in [-0.25, -0.2) is 0 Å². The molecule has 0 spiro atoms. The van der Waals surface area contributed by atoms with Crippen molar-refractivity contribution in [1.82, 2.24) is 4.90 Å². The predicted molar refractivity (Wildman–Crippen MR) is 87.6 cm³/mol. The first-order chi connectivity index (χ1) is 10.5. The Hall–Kier alpha value is -1.30. The molecule has 3 unspecified atom stereocenters. The molecule has 1 aliphatic heterocycles. The molecule has 1 amide bonds. The molecule has 0 radical (unpaired) electrons. The van der Waals surface area contributed by atoms with E-state index in [4.69, 9.17) is 16.3 Å². The van der Waals surface area contributed by atoms with Crippen molar-refractivity contribution < 1.29 is 14.6 Å². The van der Waals surface area contributed by atoms with Gasteiger partial charge in [0.2, 0.25) is 0 Å². The molecular weight excluding hydrogens is 304 g/mol. The molecule has 1 aromatic carbocycles. The molecule has 2 rings (SSSR count). The van der Waals surface area contributed by atoms with Crippen molar-refractivity contribution in [1.29, 1.82) is 0 Å². The SMILES string of the molecule is CC1CN(C(=O)c2ccc(NCC(O)CCl)cc2)CC(C)O1. The van der Waals surface area contributed by atoms with Gasteiger partial charge >= 0.3 is 0 Å². The van der Waals surface area contributed by atoms with Gasteiger partial charge in [0.25, 0.3) is 5.91 Å². The first kappa shape index (κ1) is 17.1. The summed E-state index contributed by atoms with van der Waals surface area (Å²) < 4.78 is 5.65. The second kappa shape index (κ2) is 7.81. The van der Waals surface area contributed by atoms with E-state index in [-0.39, 0.29) is 24.0 Å². The second-order valence-electron chi connectivity index (χ2n) is 5.73. The fourth-order valence-corrected chi connectivity index (χ4v) is 2.66. The highest BCUT2D eigenvalue weighted by molar-refractivity contribution is 6.18. The van der Waals surface area contributed by atoms with E-state index in [0.29, 0.717) is 25.2 Å². The van der Waals surface area contributed by atoms with Crippen LogP contribution in [0.5, 0.6) is 0 Å². The minimum Gasteiger partial charge on any atom is -0.390 e. The summed E-state index contributed by atoms with van der Waals surface area (Å²) in [6, 6.07) is 7.26. The normalized spacial score (nSPS) is 23.2. The highest BCUT2D eigenvalue weighted by atomic mass is 35.5. The Bertz CT molecular complexity index is 485. The van der Waals surface area contributed by atoms with Crippen molar-refractivity contribution >= 4 is 23.2 Å². The molecule has 1 aliphatic rings. The Balaban J connectivity index is 1.96. The Labute approximate surface area is 136 Å². The van der Waals surface area contributed by atoms with Crippen molar-refractivity contribution in [3.8, 4) is 0 Å². The summed E-state index contributed by atoms with van der Waals surface area (Å²) in [6.45, 7) is 5.57. The van der Waals surface area contributed by atoms with Gasteiger partial charge in [-0.3, -0.25) is 4.79 Å². The molecule has 6 heteroatoms. The molecule has 1 aromatic rings. The first-order valence-electron chi connectivity index (χ1n) is 7.52. The third kappa shape index (κ3) is 4.60. The Morgan fingerprint density at radius 3 is 2.50 bits per heavy atom. The number of nitrogens with one attached hydrogen (secondary N) is 1. The zero-order valence-corrected chi connectivity index (χ0v) is 13.7. The second-order valence-corrected chi connectivity index (χ2v) is 6.04. The number of anilines is 1. The molecule has 2 N–H and O–H groups in total. The molecule has 0 saturated carbocycles. The van der Waals surface area contributed by atoms with Gasteiger partial charge in [-0.1, -0.05) is 0 Å². The van der Waals surface area contributed by atoms with Gasteiger partial charge in [0, 0.05) is 30.9 Å². The van der Waals surface area contributed by atoms with Gasteiger partial charge in [-0.05, 0) is 38.1 Å². The number of nitrogens with zero attached hydrogens (tertiary/aromatic N) is 1. The summed E-state index contributed by atoms with van der Waals surface area (Å²) in [5.41, 5.74) is 1.51. The standard InChI is InChI=1S/C16H23ClN2O3/c1-11-9-19(10-12(2)22-11)16(21)13-3-5-14(6-4-13)18-8-15(20)7-17/h3-6,11-12,15,18,20H,7-10H2,1-2H3. The van der Waals surface area contributed by atoms with E-state index in [1.165, 1.54) is 0 Å². The molecule has 3 atom stereocenters. The summed E-state index contributed by atoms with van der Waals surface area (Å²) in [5, 5.41) is 12.5. The summed E-state index contributed by atoms with van der Waals surface area (Å²) in [4.78, 5) is 14.3. The van der Waals surface area contributed by atoms with Gasteiger partial charge in [0.1, 0.15) is 0 Å². The maximum Gasteiger partial charge on any atom is 0.254 e. The van der Waals surface area contributed by atoms with Crippen LogP contribution in [0.1, 0.15) is 24.2 Å². The van der Waals surface area contributed by atoms with Gasteiger partial charge in [0.15, 0.2) is 0 Å². The maximum atomic E-state index is 12.5. The summed E-state index contributed by atoms with van der Waals surface area (Å²) in [6.07, 6.45) is -0.462. The average Bonchev–Trinajstić information content (AvgIpc) is 2.51. The van der Waals surface area contributed by atoms with Crippen LogP contribution in [0.2, 0.25) is 0 Å². The number of hydrogen-bond acceptors (Lipinski definition) is 4. The van der Waals surface area contributed by atoms with E-state index >= 15 is 0 Å². The highest BCUT2D eigenvalue weighted by Gasteiger charge is 2.26. The van der Waals surface area contributed by atoms with Crippen LogP contribution >= 0.6 is 11.6 Å². The van der Waals surface area contributed by atoms with Gasteiger partial charge in [-0.2, -0.15) is 0 Å². The Kier molecular flexibility index (Phi) is 6.06. The number of halogens is 1. The van der Waals surface area contributed by atoms with E-state index in [2.05, 4.69) is 5.32 Å². The van der Waals surface area contributed by atoms with Crippen molar-refractivity contribution in [2.24, 2.45) is 0 Å². The van der Waals surface area contributed by atoms with Gasteiger partial charge < -0.3 is 20.1 Å². The molecule has 1 fully saturated rings. The summed E-state index contributed by atoms with van der Waals surface area (Å²) >= 11 is 5.54. The topological polar surface area (TPSA) is 61.8 Å². The third-order valence-corrected chi connectivity index (χ3v) is 3.91. The van der Waals surface area contributed by atoms with E-state index in [9.17, 15) is 9.90 Å². The minimum absolute atomic E-state index is 0.0225. The fraction of sp³-hybridized carbons (Fsp3) is 0.562. The average molecular weight is 327 g/mol. The smallest absolute Gasteiger partial charge is 0.254 e. The van der Waals surface area contributed by atoms with Gasteiger partial charge in [0.05, 0.1) is 24.2 Å². The predicted octanol–water partition coefficient (Wildman–Crippen LogP) is 1.95. The molecule has 5 nitrogen and oxygen atoms in total. The van der Waals surface area contributed by atoms with Crippen LogP contribution in [-0.4, -0.2) is 59.7 Å². The molecule has 22 heavy (non-hydrogen) atoms. The number of aliphatic hydroxyl groups is 1. The van der Waals surface area contributed by atoms with Crippen molar-refractivity contribution in [2.45, 2.75) is 32.2 Å². The zero-order valence-electron chi connectivity index (χ0n) is 13.0. The van der Waals surface area contributed by atoms with Crippen LogP contribution in [-0.2, 0) is 4.74 Å². The van der Waals surface area contributed by atoms with Crippen LogP contribution in [0.25, 0.3) is 0 Å². The van der Waals surface area contributed by atoms with E-state index in [0.717, 1.165) is 5.69 Å². The monoisotopic (exact) mass is 326 g/mol. The zero-order chi connectivity index (χ0) is 16.1. The molecule has 0 aliphatic carbocycles. The number of alkyl halides is 1. The highest BCUT2D eigenvalue weighted by Crippen LogP contribution is 2.16. The molecule has 122 valence electrons. The van der Waals surface area contributed by atoms with Crippen LogP contribution in [0, 0.1) is 0 Å². The number of benzene rings is 1. The third-order valence-electron chi connectivity index (χ3n) is 3.56. The number of morpholine rings is 1. The van der Waals surface area contributed by atoms with Crippen molar-refractivity contribution in [3.63, 3.8) is 0 Å². The number of carbonyl (C=O) groups is 1. The van der Waals surface area contributed by atoms with E-state index in [1.54, 1.807) is 12.1 Å². The summed E-state index contributed by atoms with van der Waals surface area (Å²) in [7, 11) is 0. The van der Waals surface area contributed by atoms with Crippen LogP contribution in [0.4, 0.5) is 5.69 Å². The lowest BCUT2D eigenvalue weighted by molar-refractivity contribution is -0.0586. The summed E-state index contributed by atoms with van der Waals surface area (Å²) in [5.74, 6) is 0.214. The van der Waals surface area contributed by atoms with E-state index in [1.807, 2.05) is 30.9 Å². The number of ether oxygens (including phenoxy) is 1. The molecule has 0 aromatic heterocycles. The number of rotatable bonds is 5. The Morgan fingerprint density at radius 1 is 1.36 bits per heavy atom. The number of aliphatic hydroxyl groups excluding tert-OH is 1. The largest absolute Gasteiger partial charge is 0.390 e. The lowest BCUT2D eigenvalue weighted by atomic mass is 10.1. The molecule has 1 heterocycles. The molecule has 1 saturated heterocycles. The lowest BCUT2D eigenvalue weighted by Crippen LogP contribution is -2.48. The van der Waals surface area contributed by atoms with E-state index < -0.39 is 6.10 Å². The van der Waals surface area contributed by atoms with Crippen molar-refractivity contribution in [2.75, 3.05) is 30.8 Å².